The maximum Gasteiger partial charge on any atom is 0.265 e. The molecule has 0 saturated carbocycles. The molecule has 0 saturated heterocycles. The van der Waals surface area contributed by atoms with Crippen LogP contribution in [0.15, 0.2) is 70.0 Å². The zero-order valence-electron chi connectivity index (χ0n) is 17.9. The number of sulfonamides is 1. The van der Waals surface area contributed by atoms with Crippen LogP contribution in [0.3, 0.4) is 0 Å². The summed E-state index contributed by atoms with van der Waals surface area (Å²) in [4.78, 5) is 0.0647. The molecule has 0 atom stereocenters. The Bertz CT molecular complexity index is 1230. The fraction of sp³-hybridized carbons (Fsp3) is 0.174. The van der Waals surface area contributed by atoms with E-state index in [1.54, 1.807) is 43.3 Å². The van der Waals surface area contributed by atoms with Crippen LogP contribution in [0, 0.1) is 13.8 Å². The number of anilines is 3. The second kappa shape index (κ2) is 10.3. The molecular formula is C23H24BrN3O3S2. The minimum atomic E-state index is -3.84. The van der Waals surface area contributed by atoms with Crippen LogP contribution in [0.1, 0.15) is 18.1 Å². The van der Waals surface area contributed by atoms with Crippen molar-refractivity contribution in [2.45, 2.75) is 25.7 Å². The highest BCUT2D eigenvalue weighted by Gasteiger charge is 2.20. The summed E-state index contributed by atoms with van der Waals surface area (Å²) in [5, 5.41) is 6.74. The molecule has 3 N–H and O–H groups in total. The van der Waals surface area contributed by atoms with Crippen LogP contribution >= 0.6 is 28.1 Å². The van der Waals surface area contributed by atoms with E-state index in [1.165, 1.54) is 6.07 Å². The Morgan fingerprint density at radius 2 is 1.66 bits per heavy atom. The standard InChI is InChI=1S/C23H24BrN3O3S2/c1-4-30-21-12-7-17(24)14-22(21)32(28,29)27-19-10-8-18(9-11-19)25-23(31)26-20-13-15(2)5-6-16(20)3/h5-14,27H,4H2,1-3H3,(H2,25,26,31). The Morgan fingerprint density at radius 1 is 0.969 bits per heavy atom. The van der Waals surface area contributed by atoms with Gasteiger partial charge in [0, 0.05) is 21.5 Å². The fourth-order valence-corrected chi connectivity index (χ4v) is 4.92. The Morgan fingerprint density at radius 3 is 2.34 bits per heavy atom. The van der Waals surface area contributed by atoms with Crippen LogP contribution in [0.4, 0.5) is 17.1 Å². The number of hydrogen-bond donors (Lipinski definition) is 3. The summed E-state index contributed by atoms with van der Waals surface area (Å²) < 4.78 is 34.5. The van der Waals surface area contributed by atoms with E-state index >= 15 is 0 Å². The highest BCUT2D eigenvalue weighted by Crippen LogP contribution is 2.29. The third-order valence-electron chi connectivity index (χ3n) is 4.53. The summed E-state index contributed by atoms with van der Waals surface area (Å²) in [6.07, 6.45) is 0. The van der Waals surface area contributed by atoms with Crippen molar-refractivity contribution in [3.05, 3.63) is 76.3 Å². The Balaban J connectivity index is 1.70. The molecule has 0 amide bonds. The maximum atomic E-state index is 12.9. The molecule has 0 aliphatic rings. The van der Waals surface area contributed by atoms with Crippen LogP contribution in [0.25, 0.3) is 0 Å². The van der Waals surface area contributed by atoms with Crippen molar-refractivity contribution in [3.63, 3.8) is 0 Å². The van der Waals surface area contributed by atoms with E-state index in [0.717, 1.165) is 22.5 Å². The van der Waals surface area contributed by atoms with Crippen molar-refractivity contribution in [3.8, 4) is 5.75 Å². The molecule has 0 aromatic heterocycles. The number of rotatable bonds is 7. The number of nitrogens with one attached hydrogen (secondary N) is 3. The summed E-state index contributed by atoms with van der Waals surface area (Å²) in [6.45, 7) is 6.19. The minimum absolute atomic E-state index is 0.0647. The van der Waals surface area contributed by atoms with Gasteiger partial charge in [-0.2, -0.15) is 0 Å². The molecule has 3 aromatic rings. The van der Waals surface area contributed by atoms with Gasteiger partial charge in [0.1, 0.15) is 10.6 Å². The smallest absolute Gasteiger partial charge is 0.265 e. The number of thiocarbonyl (C=S) groups is 1. The van der Waals surface area contributed by atoms with Crippen LogP contribution in [-0.4, -0.2) is 20.1 Å². The lowest BCUT2D eigenvalue weighted by Gasteiger charge is -2.15. The number of ether oxygens (including phenoxy) is 1. The second-order valence-electron chi connectivity index (χ2n) is 7.10. The van der Waals surface area contributed by atoms with Gasteiger partial charge >= 0.3 is 0 Å². The van der Waals surface area contributed by atoms with Crippen molar-refractivity contribution in [2.24, 2.45) is 0 Å². The summed E-state index contributed by atoms with van der Waals surface area (Å²) in [6, 6.07) is 17.8. The zero-order valence-corrected chi connectivity index (χ0v) is 21.1. The predicted molar refractivity (Wildman–Crippen MR) is 138 cm³/mol. The van der Waals surface area contributed by atoms with Gasteiger partial charge in [0.2, 0.25) is 0 Å². The first-order valence-electron chi connectivity index (χ1n) is 9.88. The van der Waals surface area contributed by atoms with Gasteiger partial charge in [0.25, 0.3) is 10.0 Å². The molecular weight excluding hydrogens is 510 g/mol. The summed E-state index contributed by atoms with van der Waals surface area (Å²) in [7, 11) is -3.84. The van der Waals surface area contributed by atoms with E-state index in [2.05, 4.69) is 31.3 Å². The molecule has 0 aliphatic carbocycles. The molecule has 0 aliphatic heterocycles. The van der Waals surface area contributed by atoms with Gasteiger partial charge in [0.05, 0.1) is 6.61 Å². The first-order chi connectivity index (χ1) is 15.2. The molecule has 32 heavy (non-hydrogen) atoms. The van der Waals surface area contributed by atoms with Crippen LogP contribution in [-0.2, 0) is 10.0 Å². The quantitative estimate of drug-likeness (QED) is 0.319. The predicted octanol–water partition coefficient (Wildman–Crippen LogP) is 6.07. The van der Waals surface area contributed by atoms with Gasteiger partial charge < -0.3 is 15.4 Å². The van der Waals surface area contributed by atoms with Gasteiger partial charge in [-0.1, -0.05) is 28.1 Å². The van der Waals surface area contributed by atoms with Crippen molar-refractivity contribution < 1.29 is 13.2 Å². The second-order valence-corrected chi connectivity index (χ2v) is 10.1. The van der Waals surface area contributed by atoms with Crippen molar-refractivity contribution >= 4 is 60.3 Å². The fourth-order valence-electron chi connectivity index (χ4n) is 2.95. The van der Waals surface area contributed by atoms with E-state index in [0.29, 0.717) is 27.6 Å². The molecule has 0 unspecified atom stereocenters. The lowest BCUT2D eigenvalue weighted by molar-refractivity contribution is 0.331. The van der Waals surface area contributed by atoms with Gasteiger partial charge in [-0.3, -0.25) is 4.72 Å². The summed E-state index contributed by atoms with van der Waals surface area (Å²) in [5.74, 6) is 0.296. The molecule has 0 radical (unpaired) electrons. The lowest BCUT2D eigenvalue weighted by atomic mass is 10.1. The van der Waals surface area contributed by atoms with E-state index in [-0.39, 0.29) is 4.90 Å². The Hall–Kier alpha value is -2.62. The highest BCUT2D eigenvalue weighted by atomic mass is 79.9. The van der Waals surface area contributed by atoms with E-state index < -0.39 is 10.0 Å². The van der Waals surface area contributed by atoms with Gasteiger partial charge in [-0.05, 0) is 92.6 Å². The average Bonchev–Trinajstić information content (AvgIpc) is 2.73. The van der Waals surface area contributed by atoms with E-state index in [1.807, 2.05) is 32.0 Å². The lowest BCUT2D eigenvalue weighted by Crippen LogP contribution is -2.19. The van der Waals surface area contributed by atoms with Crippen LogP contribution < -0.4 is 20.1 Å². The van der Waals surface area contributed by atoms with Crippen molar-refractivity contribution in [1.82, 2.24) is 0 Å². The highest BCUT2D eigenvalue weighted by molar-refractivity contribution is 9.10. The molecule has 0 spiro atoms. The minimum Gasteiger partial charge on any atom is -0.492 e. The number of halogens is 1. The summed E-state index contributed by atoms with van der Waals surface area (Å²) in [5.41, 5.74) is 4.31. The average molecular weight is 535 g/mol. The van der Waals surface area contributed by atoms with E-state index in [9.17, 15) is 8.42 Å². The SMILES string of the molecule is CCOc1ccc(Br)cc1S(=O)(=O)Nc1ccc(NC(=S)Nc2cc(C)ccc2C)cc1. The van der Waals surface area contributed by atoms with Gasteiger partial charge in [-0.15, -0.1) is 0 Å². The number of benzene rings is 3. The molecule has 0 bridgehead atoms. The topological polar surface area (TPSA) is 79.5 Å². The molecule has 0 heterocycles. The molecule has 0 fully saturated rings. The molecule has 168 valence electrons. The normalized spacial score (nSPS) is 11.0. The first kappa shape index (κ1) is 24.0. The summed E-state index contributed by atoms with van der Waals surface area (Å²) >= 11 is 8.72. The largest absolute Gasteiger partial charge is 0.492 e. The number of hydrogen-bond acceptors (Lipinski definition) is 4. The molecule has 6 nitrogen and oxygen atoms in total. The third-order valence-corrected chi connectivity index (χ3v) is 6.63. The molecule has 3 aromatic carbocycles. The third kappa shape index (κ3) is 6.21. The number of aryl methyl sites for hydroxylation is 2. The first-order valence-corrected chi connectivity index (χ1v) is 12.6. The monoisotopic (exact) mass is 533 g/mol. The molecule has 9 heteroatoms. The van der Waals surface area contributed by atoms with Crippen LogP contribution in [0.2, 0.25) is 0 Å². The van der Waals surface area contributed by atoms with Crippen molar-refractivity contribution in [2.75, 3.05) is 22.0 Å². The Labute approximate surface area is 202 Å². The maximum absolute atomic E-state index is 12.9. The van der Waals surface area contributed by atoms with Crippen LogP contribution in [0.5, 0.6) is 5.75 Å². The van der Waals surface area contributed by atoms with E-state index in [4.69, 9.17) is 17.0 Å². The van der Waals surface area contributed by atoms with Gasteiger partial charge in [-0.25, -0.2) is 8.42 Å². The Kier molecular flexibility index (Phi) is 7.76. The van der Waals surface area contributed by atoms with Gasteiger partial charge in [0.15, 0.2) is 5.11 Å². The van der Waals surface area contributed by atoms with Crippen molar-refractivity contribution in [1.29, 1.82) is 0 Å². The molecule has 3 rings (SSSR count). The zero-order chi connectivity index (χ0) is 23.3.